The van der Waals surface area contributed by atoms with Crippen molar-refractivity contribution in [3.63, 3.8) is 0 Å². The summed E-state index contributed by atoms with van der Waals surface area (Å²) in [6.07, 6.45) is 2.29. The number of amides is 2. The van der Waals surface area contributed by atoms with E-state index in [0.717, 1.165) is 24.8 Å². The molecule has 2 amide bonds. The largest absolute Gasteiger partial charge is 0.446 e. The molecular formula is C19H21FN2O3S. The van der Waals surface area contributed by atoms with E-state index in [9.17, 15) is 14.0 Å². The van der Waals surface area contributed by atoms with Gasteiger partial charge in [0.15, 0.2) is 0 Å². The number of aryl methyl sites for hydroxylation is 1. The molecule has 0 aliphatic heterocycles. The maximum atomic E-state index is 12.9. The molecule has 1 aromatic heterocycles. The van der Waals surface area contributed by atoms with Crippen molar-refractivity contribution in [2.75, 3.05) is 5.32 Å². The number of hydrogen-bond acceptors (Lipinski definition) is 4. The SMILES string of the molecule is Cc1csc(C(=O)N[C@H]2CCC[C@@H](OC(=O)Nc3ccc(F)cc3)C2)c1. The zero-order valence-corrected chi connectivity index (χ0v) is 15.3. The lowest BCUT2D eigenvalue weighted by atomic mass is 9.93. The van der Waals surface area contributed by atoms with Crippen molar-refractivity contribution >= 4 is 29.0 Å². The number of rotatable bonds is 4. The molecule has 26 heavy (non-hydrogen) atoms. The third-order valence-electron chi connectivity index (χ3n) is 4.28. The molecule has 1 aliphatic rings. The zero-order valence-electron chi connectivity index (χ0n) is 14.5. The monoisotopic (exact) mass is 376 g/mol. The lowest BCUT2D eigenvalue weighted by molar-refractivity contribution is 0.0714. The van der Waals surface area contributed by atoms with Crippen LogP contribution in [0.3, 0.4) is 0 Å². The number of thiophene rings is 1. The van der Waals surface area contributed by atoms with Crippen LogP contribution >= 0.6 is 11.3 Å². The molecule has 7 heteroatoms. The Bertz CT molecular complexity index is 775. The standard InChI is InChI=1S/C19H21FN2O3S/c1-12-9-17(26-11-12)18(23)21-15-3-2-4-16(10-15)25-19(24)22-14-7-5-13(20)6-8-14/h5-9,11,15-16H,2-4,10H2,1H3,(H,21,23)(H,22,24)/t15-,16+/m0/s1. The highest BCUT2D eigenvalue weighted by atomic mass is 32.1. The van der Waals surface area contributed by atoms with Crippen LogP contribution < -0.4 is 10.6 Å². The van der Waals surface area contributed by atoms with E-state index in [0.29, 0.717) is 17.0 Å². The highest BCUT2D eigenvalue weighted by Crippen LogP contribution is 2.23. The molecule has 2 aromatic rings. The van der Waals surface area contributed by atoms with Crippen molar-refractivity contribution in [3.05, 3.63) is 52.0 Å². The summed E-state index contributed by atoms with van der Waals surface area (Å²) in [7, 11) is 0. The zero-order chi connectivity index (χ0) is 18.5. The van der Waals surface area contributed by atoms with Gasteiger partial charge in [-0.15, -0.1) is 11.3 Å². The Balaban J connectivity index is 1.49. The Labute approximate surface area is 155 Å². The number of benzene rings is 1. The van der Waals surface area contributed by atoms with Crippen molar-refractivity contribution in [3.8, 4) is 0 Å². The van der Waals surface area contributed by atoms with E-state index >= 15 is 0 Å². The summed E-state index contributed by atoms with van der Waals surface area (Å²) in [6, 6.07) is 7.35. The molecule has 1 heterocycles. The van der Waals surface area contributed by atoms with Crippen LogP contribution in [-0.4, -0.2) is 24.1 Å². The van der Waals surface area contributed by atoms with Crippen LogP contribution in [0.4, 0.5) is 14.9 Å². The van der Waals surface area contributed by atoms with Crippen molar-refractivity contribution in [2.45, 2.75) is 44.8 Å². The summed E-state index contributed by atoms with van der Waals surface area (Å²) >= 11 is 1.43. The van der Waals surface area contributed by atoms with Gasteiger partial charge in [0, 0.05) is 18.2 Å². The Morgan fingerprint density at radius 1 is 1.23 bits per heavy atom. The lowest BCUT2D eigenvalue weighted by Crippen LogP contribution is -2.41. The molecule has 0 unspecified atom stereocenters. The second-order valence-corrected chi connectivity index (χ2v) is 7.40. The van der Waals surface area contributed by atoms with Crippen LogP contribution in [0.25, 0.3) is 0 Å². The normalized spacial score (nSPS) is 19.6. The van der Waals surface area contributed by atoms with Crippen molar-refractivity contribution < 1.29 is 18.7 Å². The molecule has 2 N–H and O–H groups in total. The van der Waals surface area contributed by atoms with Crippen molar-refractivity contribution in [1.82, 2.24) is 5.32 Å². The van der Waals surface area contributed by atoms with Gasteiger partial charge in [0.1, 0.15) is 11.9 Å². The first-order valence-electron chi connectivity index (χ1n) is 8.59. The highest BCUT2D eigenvalue weighted by molar-refractivity contribution is 7.12. The molecule has 1 aliphatic carbocycles. The molecule has 0 bridgehead atoms. The number of nitrogens with one attached hydrogen (secondary N) is 2. The smallest absolute Gasteiger partial charge is 0.411 e. The number of anilines is 1. The van der Waals surface area contributed by atoms with Crippen LogP contribution in [0.15, 0.2) is 35.7 Å². The number of carbonyl (C=O) groups is 2. The van der Waals surface area contributed by atoms with Gasteiger partial charge in [-0.2, -0.15) is 0 Å². The van der Waals surface area contributed by atoms with Gasteiger partial charge in [-0.1, -0.05) is 0 Å². The second-order valence-electron chi connectivity index (χ2n) is 6.48. The first-order chi connectivity index (χ1) is 12.5. The van der Waals surface area contributed by atoms with Crippen LogP contribution in [0.1, 0.15) is 40.9 Å². The number of ether oxygens (including phenoxy) is 1. The molecule has 2 atom stereocenters. The minimum atomic E-state index is -0.567. The first-order valence-corrected chi connectivity index (χ1v) is 9.47. The quantitative estimate of drug-likeness (QED) is 0.826. The fraction of sp³-hybridized carbons (Fsp3) is 0.368. The summed E-state index contributed by atoms with van der Waals surface area (Å²) in [6.45, 7) is 1.96. The second kappa shape index (κ2) is 8.31. The average Bonchev–Trinajstić information content (AvgIpc) is 3.04. The maximum Gasteiger partial charge on any atom is 0.411 e. The van der Waals surface area contributed by atoms with Gasteiger partial charge in [-0.25, -0.2) is 9.18 Å². The number of hydrogen-bond donors (Lipinski definition) is 2. The van der Waals surface area contributed by atoms with Gasteiger partial charge >= 0.3 is 6.09 Å². The molecule has 1 saturated carbocycles. The summed E-state index contributed by atoms with van der Waals surface area (Å²) in [5.41, 5.74) is 1.55. The Kier molecular flexibility index (Phi) is 5.88. The molecular weight excluding hydrogens is 355 g/mol. The van der Waals surface area contributed by atoms with Gasteiger partial charge in [-0.05, 0) is 67.5 Å². The molecule has 138 valence electrons. The van der Waals surface area contributed by atoms with Gasteiger partial charge < -0.3 is 10.1 Å². The van der Waals surface area contributed by atoms with E-state index in [2.05, 4.69) is 10.6 Å². The molecule has 3 rings (SSSR count). The van der Waals surface area contributed by atoms with Crippen molar-refractivity contribution in [1.29, 1.82) is 0 Å². The van der Waals surface area contributed by atoms with E-state index in [1.54, 1.807) is 0 Å². The summed E-state index contributed by atoms with van der Waals surface area (Å²) in [5, 5.41) is 7.56. The average molecular weight is 376 g/mol. The van der Waals surface area contributed by atoms with E-state index in [1.165, 1.54) is 35.6 Å². The van der Waals surface area contributed by atoms with E-state index in [1.807, 2.05) is 18.4 Å². The summed E-state index contributed by atoms with van der Waals surface area (Å²) < 4.78 is 18.3. The molecule has 0 spiro atoms. The fourth-order valence-electron chi connectivity index (χ4n) is 3.02. The fourth-order valence-corrected chi connectivity index (χ4v) is 3.82. The first kappa shape index (κ1) is 18.4. The van der Waals surface area contributed by atoms with Gasteiger partial charge in [0.2, 0.25) is 0 Å². The molecule has 1 fully saturated rings. The van der Waals surface area contributed by atoms with Gasteiger partial charge in [0.05, 0.1) is 4.88 Å². The Hall–Kier alpha value is -2.41. The van der Waals surface area contributed by atoms with E-state index in [4.69, 9.17) is 4.74 Å². The minimum Gasteiger partial charge on any atom is -0.446 e. The predicted molar refractivity (Wildman–Crippen MR) is 99.1 cm³/mol. The third kappa shape index (κ3) is 5.05. The number of halogens is 1. The molecule has 5 nitrogen and oxygen atoms in total. The minimum absolute atomic E-state index is 0.0118. The predicted octanol–water partition coefficient (Wildman–Crippen LogP) is 4.49. The van der Waals surface area contributed by atoms with Crippen molar-refractivity contribution in [2.24, 2.45) is 0 Å². The third-order valence-corrected chi connectivity index (χ3v) is 5.33. The highest BCUT2D eigenvalue weighted by Gasteiger charge is 2.26. The van der Waals surface area contributed by atoms with E-state index in [-0.39, 0.29) is 23.9 Å². The maximum absolute atomic E-state index is 12.9. The Morgan fingerprint density at radius 2 is 2.00 bits per heavy atom. The van der Waals surface area contributed by atoms with E-state index < -0.39 is 6.09 Å². The lowest BCUT2D eigenvalue weighted by Gasteiger charge is -2.29. The van der Waals surface area contributed by atoms with Crippen LogP contribution in [0.5, 0.6) is 0 Å². The van der Waals surface area contributed by atoms with Crippen LogP contribution in [-0.2, 0) is 4.74 Å². The van der Waals surface area contributed by atoms with Gasteiger partial charge in [0.25, 0.3) is 5.91 Å². The van der Waals surface area contributed by atoms with Crippen LogP contribution in [0.2, 0.25) is 0 Å². The molecule has 1 aromatic carbocycles. The summed E-state index contributed by atoms with van der Waals surface area (Å²) in [5.74, 6) is -0.444. The molecule has 0 radical (unpaired) electrons. The Morgan fingerprint density at radius 3 is 2.69 bits per heavy atom. The topological polar surface area (TPSA) is 67.4 Å². The number of carbonyl (C=O) groups excluding carboxylic acids is 2. The molecule has 0 saturated heterocycles. The van der Waals surface area contributed by atoms with Gasteiger partial charge in [-0.3, -0.25) is 10.1 Å². The summed E-state index contributed by atoms with van der Waals surface area (Å²) in [4.78, 5) is 25.0. The van der Waals surface area contributed by atoms with Crippen LogP contribution in [0, 0.1) is 12.7 Å².